The lowest BCUT2D eigenvalue weighted by Crippen LogP contribution is -2.61. The number of carbonyl (C=O) groups is 4. The first-order valence-corrected chi connectivity index (χ1v) is 17.4. The van der Waals surface area contributed by atoms with Gasteiger partial charge in [0.2, 0.25) is 11.8 Å². The summed E-state index contributed by atoms with van der Waals surface area (Å²) in [6.07, 6.45) is 0.534. The van der Waals surface area contributed by atoms with E-state index in [4.69, 9.17) is 28.4 Å². The number of esters is 1. The maximum absolute atomic E-state index is 14.5. The summed E-state index contributed by atoms with van der Waals surface area (Å²) in [5.41, 5.74) is 1.06. The van der Waals surface area contributed by atoms with Crippen LogP contribution in [0.25, 0.3) is 0 Å². The molecule has 51 heavy (non-hydrogen) atoms. The van der Waals surface area contributed by atoms with Gasteiger partial charge in [0.05, 0.1) is 47.3 Å². The topological polar surface area (TPSA) is 133 Å². The number of amides is 3. The zero-order valence-corrected chi connectivity index (χ0v) is 30.1. The van der Waals surface area contributed by atoms with Crippen molar-refractivity contribution < 1.29 is 47.6 Å². The molecule has 3 amide bonds. The number of rotatable bonds is 13. The Morgan fingerprint density at radius 1 is 0.922 bits per heavy atom. The number of nitrogens with zero attached hydrogens (tertiary/aromatic N) is 3. The van der Waals surface area contributed by atoms with E-state index in [-0.39, 0.29) is 44.4 Å². The highest BCUT2D eigenvalue weighted by molar-refractivity contribution is 5.93. The number of piperidine rings is 1. The predicted molar refractivity (Wildman–Crippen MR) is 186 cm³/mol. The van der Waals surface area contributed by atoms with Gasteiger partial charge in [-0.2, -0.15) is 0 Å². The zero-order valence-electron chi connectivity index (χ0n) is 30.1. The van der Waals surface area contributed by atoms with Crippen LogP contribution in [-0.2, 0) is 46.4 Å². The number of fused-ring (bicyclic) bond motifs is 1. The van der Waals surface area contributed by atoms with Crippen molar-refractivity contribution in [3.63, 3.8) is 0 Å². The average Bonchev–Trinajstić information content (AvgIpc) is 3.15. The highest BCUT2D eigenvalue weighted by Crippen LogP contribution is 2.50. The number of methoxy groups -OCH3 is 3. The molecule has 5 rings (SSSR count). The standard InChI is InChI=1S/C38H49N3O10/c1-6-50-37(45)40-18-16-39(17-19-40)34(42)21-29-23-38(36(44)48-5)26(2)51-30(25-49-24-28-10-8-7-9-11-28)22-33(38)41(35(29)43)15-14-27-12-13-31(46-3)32(20-27)47-4/h7-13,20,22,26,29-30H,6,14-19,21,23-25H2,1-5H3/t26-,29+,30-,38+/m1/s1. The van der Waals surface area contributed by atoms with Crippen LogP contribution >= 0.6 is 0 Å². The second-order valence-corrected chi connectivity index (χ2v) is 12.9. The minimum absolute atomic E-state index is 0.0461. The molecule has 0 saturated carbocycles. The molecule has 13 nitrogen and oxygen atoms in total. The molecule has 3 aliphatic rings. The fraction of sp³-hybridized carbons (Fsp3) is 0.526. The van der Waals surface area contributed by atoms with Gasteiger partial charge >= 0.3 is 12.1 Å². The SMILES string of the molecule is CCOC(=O)N1CCN(C(=O)C[C@H]2C[C@@]3(C(=O)OC)C(=C[C@H](COCc4ccccc4)O[C@@H]3C)N(CCc3ccc(OC)c(OC)c3)C2=O)CC1. The summed E-state index contributed by atoms with van der Waals surface area (Å²) in [5, 5.41) is 0. The third-order valence-electron chi connectivity index (χ3n) is 9.94. The zero-order chi connectivity index (χ0) is 36.5. The molecule has 2 aromatic rings. The van der Waals surface area contributed by atoms with E-state index in [9.17, 15) is 19.2 Å². The van der Waals surface area contributed by atoms with E-state index < -0.39 is 35.6 Å². The Morgan fingerprint density at radius 3 is 2.29 bits per heavy atom. The maximum Gasteiger partial charge on any atom is 0.409 e. The van der Waals surface area contributed by atoms with Crippen molar-refractivity contribution in [3.05, 3.63) is 71.4 Å². The predicted octanol–water partition coefficient (Wildman–Crippen LogP) is 3.83. The molecule has 2 saturated heterocycles. The Labute approximate surface area is 299 Å². The van der Waals surface area contributed by atoms with Gasteiger partial charge in [0.15, 0.2) is 11.5 Å². The molecule has 3 heterocycles. The monoisotopic (exact) mass is 707 g/mol. The molecule has 0 spiro atoms. The molecule has 3 aliphatic heterocycles. The van der Waals surface area contributed by atoms with E-state index in [1.54, 1.807) is 41.9 Å². The highest BCUT2D eigenvalue weighted by atomic mass is 16.6. The van der Waals surface area contributed by atoms with Crippen LogP contribution in [-0.4, -0.2) is 118 Å². The van der Waals surface area contributed by atoms with E-state index in [1.165, 1.54) is 7.11 Å². The molecular weight excluding hydrogens is 658 g/mol. The van der Waals surface area contributed by atoms with Crippen molar-refractivity contribution in [1.29, 1.82) is 0 Å². The first-order chi connectivity index (χ1) is 24.6. The first kappa shape index (κ1) is 37.6. The summed E-state index contributed by atoms with van der Waals surface area (Å²) in [5.74, 6) is -0.683. The quantitative estimate of drug-likeness (QED) is 0.283. The number of hydrogen-bond donors (Lipinski definition) is 0. The van der Waals surface area contributed by atoms with E-state index in [0.29, 0.717) is 56.4 Å². The molecule has 0 bridgehead atoms. The molecule has 0 unspecified atom stereocenters. The van der Waals surface area contributed by atoms with Crippen molar-refractivity contribution in [2.75, 3.05) is 67.3 Å². The molecule has 0 aromatic heterocycles. The summed E-state index contributed by atoms with van der Waals surface area (Å²) >= 11 is 0. The number of carbonyl (C=O) groups excluding carboxylic acids is 4. The van der Waals surface area contributed by atoms with Gasteiger partial charge in [-0.15, -0.1) is 0 Å². The van der Waals surface area contributed by atoms with Crippen LogP contribution in [0.5, 0.6) is 11.5 Å². The summed E-state index contributed by atoms with van der Waals surface area (Å²) in [6.45, 7) is 5.94. The van der Waals surface area contributed by atoms with Crippen LogP contribution < -0.4 is 9.47 Å². The van der Waals surface area contributed by atoms with E-state index >= 15 is 0 Å². The second-order valence-electron chi connectivity index (χ2n) is 12.9. The third-order valence-corrected chi connectivity index (χ3v) is 9.94. The van der Waals surface area contributed by atoms with Gasteiger partial charge in [-0.1, -0.05) is 36.4 Å². The summed E-state index contributed by atoms with van der Waals surface area (Å²) in [6, 6.07) is 15.4. The fourth-order valence-corrected chi connectivity index (χ4v) is 7.22. The van der Waals surface area contributed by atoms with Gasteiger partial charge in [0, 0.05) is 50.8 Å². The Balaban J connectivity index is 1.42. The number of benzene rings is 2. The molecule has 13 heteroatoms. The average molecular weight is 708 g/mol. The second kappa shape index (κ2) is 17.1. The van der Waals surface area contributed by atoms with Crippen LogP contribution in [0.2, 0.25) is 0 Å². The molecule has 4 atom stereocenters. The van der Waals surface area contributed by atoms with Gasteiger partial charge in [-0.05, 0) is 56.0 Å². The molecule has 276 valence electrons. The Kier molecular flexibility index (Phi) is 12.6. The molecule has 2 aromatic carbocycles. The largest absolute Gasteiger partial charge is 0.493 e. The lowest BCUT2D eigenvalue weighted by atomic mass is 9.66. The summed E-state index contributed by atoms with van der Waals surface area (Å²) in [4.78, 5) is 59.2. The number of ether oxygens (including phenoxy) is 6. The van der Waals surface area contributed by atoms with Crippen molar-refractivity contribution in [2.24, 2.45) is 11.3 Å². The lowest BCUT2D eigenvalue weighted by molar-refractivity contribution is -0.178. The van der Waals surface area contributed by atoms with Gasteiger partial charge in [0.1, 0.15) is 11.5 Å². The summed E-state index contributed by atoms with van der Waals surface area (Å²) < 4.78 is 33.9. The van der Waals surface area contributed by atoms with Crippen LogP contribution in [0.15, 0.2) is 60.3 Å². The maximum atomic E-state index is 14.5. The minimum Gasteiger partial charge on any atom is -0.493 e. The van der Waals surface area contributed by atoms with Crippen LogP contribution in [0.3, 0.4) is 0 Å². The molecule has 2 fully saturated rings. The normalized spacial score (nSPS) is 23.2. The molecule has 0 radical (unpaired) electrons. The fourth-order valence-electron chi connectivity index (χ4n) is 7.22. The van der Waals surface area contributed by atoms with E-state index in [2.05, 4.69) is 0 Å². The third kappa shape index (κ3) is 8.31. The Morgan fingerprint density at radius 2 is 1.63 bits per heavy atom. The Hall–Kier alpha value is -4.62. The molecular formula is C38H49N3O10. The van der Waals surface area contributed by atoms with Crippen LogP contribution in [0, 0.1) is 11.3 Å². The van der Waals surface area contributed by atoms with E-state index in [1.807, 2.05) is 55.5 Å². The number of hydrogen-bond acceptors (Lipinski definition) is 10. The minimum atomic E-state index is -1.34. The van der Waals surface area contributed by atoms with Crippen LogP contribution in [0.1, 0.15) is 37.8 Å². The van der Waals surface area contributed by atoms with E-state index in [0.717, 1.165) is 11.1 Å². The number of piperazine rings is 1. The van der Waals surface area contributed by atoms with Crippen molar-refractivity contribution in [2.45, 2.75) is 51.9 Å². The molecule has 0 N–H and O–H groups in total. The molecule has 0 aliphatic carbocycles. The highest BCUT2D eigenvalue weighted by Gasteiger charge is 2.59. The summed E-state index contributed by atoms with van der Waals surface area (Å²) in [7, 11) is 4.45. The lowest BCUT2D eigenvalue weighted by Gasteiger charge is -2.51. The Bertz CT molecular complexity index is 1570. The number of likely N-dealkylation sites (tertiary alicyclic amines) is 1. The smallest absolute Gasteiger partial charge is 0.409 e. The van der Waals surface area contributed by atoms with Crippen LogP contribution in [0.4, 0.5) is 4.79 Å². The van der Waals surface area contributed by atoms with Crippen molar-refractivity contribution in [1.82, 2.24) is 14.7 Å². The van der Waals surface area contributed by atoms with Gasteiger partial charge < -0.3 is 43.1 Å². The van der Waals surface area contributed by atoms with Crippen molar-refractivity contribution >= 4 is 23.9 Å². The van der Waals surface area contributed by atoms with Gasteiger partial charge in [0.25, 0.3) is 0 Å². The van der Waals surface area contributed by atoms with Gasteiger partial charge in [-0.25, -0.2) is 4.79 Å². The van der Waals surface area contributed by atoms with Gasteiger partial charge in [-0.3, -0.25) is 14.4 Å². The van der Waals surface area contributed by atoms with Crippen molar-refractivity contribution in [3.8, 4) is 11.5 Å². The first-order valence-electron chi connectivity index (χ1n) is 17.4.